The van der Waals surface area contributed by atoms with Crippen molar-refractivity contribution in [1.82, 2.24) is 30.2 Å². The monoisotopic (exact) mass is 617 g/mol. The normalized spacial score (nSPS) is 20.2. The second kappa shape index (κ2) is 14.4. The summed E-state index contributed by atoms with van der Waals surface area (Å²) in [6, 6.07) is 20.5. The molecule has 0 radical (unpaired) electrons. The van der Waals surface area contributed by atoms with Crippen LogP contribution < -0.4 is 16.0 Å². The average molecular weight is 618 g/mol. The minimum Gasteiger partial charge on any atom is -0.387 e. The fourth-order valence-electron chi connectivity index (χ4n) is 5.49. The molecule has 12 heteroatoms. The summed E-state index contributed by atoms with van der Waals surface area (Å²) in [5, 5.41) is 31.2. The third-order valence-corrected chi connectivity index (χ3v) is 7.61. The number of benzene rings is 2. The van der Waals surface area contributed by atoms with Crippen LogP contribution in [0.5, 0.6) is 0 Å². The molecule has 45 heavy (non-hydrogen) atoms. The van der Waals surface area contributed by atoms with Crippen molar-refractivity contribution in [2.24, 2.45) is 0 Å². The van der Waals surface area contributed by atoms with Crippen molar-refractivity contribution < 1.29 is 24.5 Å². The zero-order chi connectivity index (χ0) is 32.0. The summed E-state index contributed by atoms with van der Waals surface area (Å²) in [7, 11) is 1.51. The number of hydrogen-bond acceptors (Lipinski definition) is 10. The van der Waals surface area contributed by atoms with Crippen molar-refractivity contribution >= 4 is 22.9 Å². The summed E-state index contributed by atoms with van der Waals surface area (Å²) in [6.45, 7) is 7.22. The number of carbonyl (C=O) groups is 1. The van der Waals surface area contributed by atoms with E-state index < -0.39 is 24.5 Å². The van der Waals surface area contributed by atoms with Gasteiger partial charge in [0, 0.05) is 38.1 Å². The van der Waals surface area contributed by atoms with E-state index in [2.05, 4.69) is 45.2 Å². The Hall–Kier alpha value is -3.94. The molecular formula is C33H43N7O5. The largest absolute Gasteiger partial charge is 0.387 e. The fourth-order valence-corrected chi connectivity index (χ4v) is 5.49. The van der Waals surface area contributed by atoms with Crippen LogP contribution in [-0.4, -0.2) is 86.3 Å². The van der Waals surface area contributed by atoms with Gasteiger partial charge in [-0.1, -0.05) is 60.7 Å². The number of amides is 1. The summed E-state index contributed by atoms with van der Waals surface area (Å²) in [5.74, 6) is 0.989. The smallest absolute Gasteiger partial charge is 0.221 e. The minimum atomic E-state index is -1.21. The number of carbonyl (C=O) groups excluding carboxylic acids is 1. The molecule has 2 aromatic heterocycles. The van der Waals surface area contributed by atoms with Gasteiger partial charge in [-0.05, 0) is 31.9 Å². The minimum absolute atomic E-state index is 0.0346. The van der Waals surface area contributed by atoms with E-state index in [1.54, 1.807) is 10.9 Å². The van der Waals surface area contributed by atoms with E-state index in [1.807, 2.05) is 57.2 Å². The molecule has 1 aliphatic heterocycles. The van der Waals surface area contributed by atoms with Crippen LogP contribution in [0.1, 0.15) is 56.3 Å². The van der Waals surface area contributed by atoms with Crippen molar-refractivity contribution in [1.29, 1.82) is 0 Å². The van der Waals surface area contributed by atoms with Gasteiger partial charge in [0.1, 0.15) is 24.1 Å². The number of methoxy groups -OCH3 is 1. The lowest BCUT2D eigenvalue weighted by Crippen LogP contribution is -2.41. The molecule has 2 aromatic carbocycles. The summed E-state index contributed by atoms with van der Waals surface area (Å²) in [5.41, 5.74) is 2.96. The Balaban J connectivity index is 1.42. The van der Waals surface area contributed by atoms with E-state index in [-0.39, 0.29) is 24.0 Å². The predicted molar refractivity (Wildman–Crippen MR) is 171 cm³/mol. The van der Waals surface area contributed by atoms with Crippen LogP contribution >= 0.6 is 0 Å². The Bertz CT molecular complexity index is 1500. The molecule has 1 aliphatic rings. The number of aliphatic hydroxyl groups is 2. The number of nitrogens with zero attached hydrogens (tertiary/aromatic N) is 4. The lowest BCUT2D eigenvalue weighted by atomic mass is 9.91. The number of rotatable bonds is 13. The number of aromatic nitrogens is 4. The molecule has 3 heterocycles. The van der Waals surface area contributed by atoms with Crippen molar-refractivity contribution in [3.05, 3.63) is 83.9 Å². The topological polar surface area (TPSA) is 156 Å². The van der Waals surface area contributed by atoms with Gasteiger partial charge in [0.2, 0.25) is 5.91 Å². The maximum absolute atomic E-state index is 12.3. The molecule has 1 saturated heterocycles. The van der Waals surface area contributed by atoms with E-state index >= 15 is 0 Å². The number of ether oxygens (including phenoxy) is 2. The highest BCUT2D eigenvalue weighted by molar-refractivity contribution is 5.83. The Morgan fingerprint density at radius 2 is 1.69 bits per heavy atom. The molecule has 0 bridgehead atoms. The van der Waals surface area contributed by atoms with E-state index in [4.69, 9.17) is 19.4 Å². The highest BCUT2D eigenvalue weighted by atomic mass is 16.6. The standard InChI is InChI=1S/C33H43N7O5/c1-33(2,3)39-26(41)15-16-34-18-25-37-30(35-17-23(21-11-7-5-8-12-21)22-13-9-6-10-14-22)27-31(38-25)40(20-36-27)32-29(43)28(42)24(45-32)19-44-4/h5-14,20,23-24,28-29,32,34,42-43H,15-19H2,1-4H3,(H,39,41)(H,35,37,38). The third-order valence-electron chi connectivity index (χ3n) is 7.61. The third kappa shape index (κ3) is 8.02. The Kier molecular flexibility index (Phi) is 10.4. The molecule has 240 valence electrons. The fraction of sp³-hybridized carbons (Fsp3) is 0.455. The van der Waals surface area contributed by atoms with Crippen molar-refractivity contribution in [3.8, 4) is 0 Å². The van der Waals surface area contributed by atoms with E-state index in [9.17, 15) is 15.0 Å². The van der Waals surface area contributed by atoms with Crippen LogP contribution in [0.3, 0.4) is 0 Å². The average Bonchev–Trinajstić information content (AvgIpc) is 3.56. The second-order valence-electron chi connectivity index (χ2n) is 12.3. The number of fused-ring (bicyclic) bond motifs is 1. The highest BCUT2D eigenvalue weighted by Gasteiger charge is 2.44. The number of hydrogen-bond donors (Lipinski definition) is 5. The number of anilines is 1. The molecule has 0 spiro atoms. The lowest BCUT2D eigenvalue weighted by Gasteiger charge is -2.20. The zero-order valence-electron chi connectivity index (χ0n) is 26.2. The van der Waals surface area contributed by atoms with Crippen LogP contribution in [-0.2, 0) is 20.8 Å². The van der Waals surface area contributed by atoms with Crippen LogP contribution in [0, 0.1) is 0 Å². The first-order valence-electron chi connectivity index (χ1n) is 15.2. The summed E-state index contributed by atoms with van der Waals surface area (Å²) < 4.78 is 12.8. The molecule has 5 rings (SSSR count). The maximum Gasteiger partial charge on any atom is 0.221 e. The van der Waals surface area contributed by atoms with Gasteiger partial charge in [-0.3, -0.25) is 9.36 Å². The van der Waals surface area contributed by atoms with Crippen LogP contribution in [0.25, 0.3) is 11.2 Å². The number of aliphatic hydroxyl groups excluding tert-OH is 2. The second-order valence-corrected chi connectivity index (χ2v) is 12.3. The molecule has 4 aromatic rings. The van der Waals surface area contributed by atoms with Gasteiger partial charge in [-0.2, -0.15) is 0 Å². The lowest BCUT2D eigenvalue weighted by molar-refractivity contribution is -0.122. The van der Waals surface area contributed by atoms with Crippen molar-refractivity contribution in [2.45, 2.75) is 69.7 Å². The summed E-state index contributed by atoms with van der Waals surface area (Å²) in [6.07, 6.45) is -2.12. The van der Waals surface area contributed by atoms with Gasteiger partial charge in [0.05, 0.1) is 19.5 Å². The maximum atomic E-state index is 12.3. The number of nitrogens with one attached hydrogen (secondary N) is 3. The van der Waals surface area contributed by atoms with E-state index in [0.717, 1.165) is 11.1 Å². The summed E-state index contributed by atoms with van der Waals surface area (Å²) in [4.78, 5) is 26.5. The van der Waals surface area contributed by atoms with E-state index in [1.165, 1.54) is 7.11 Å². The first-order valence-corrected chi connectivity index (χ1v) is 15.2. The molecule has 0 saturated carbocycles. The van der Waals surface area contributed by atoms with Crippen LogP contribution in [0.15, 0.2) is 67.0 Å². The molecule has 4 unspecified atom stereocenters. The SMILES string of the molecule is COCC1OC(n2cnc3c(NCC(c4ccccc4)c4ccccc4)nc(CNCCC(=O)NC(C)(C)C)nc32)C(O)C1O. The summed E-state index contributed by atoms with van der Waals surface area (Å²) >= 11 is 0. The molecule has 5 N–H and O–H groups in total. The van der Waals surface area contributed by atoms with Crippen molar-refractivity contribution in [3.63, 3.8) is 0 Å². The van der Waals surface area contributed by atoms with E-state index in [0.29, 0.717) is 48.9 Å². The quantitative estimate of drug-likeness (QED) is 0.141. The first kappa shape index (κ1) is 32.5. The Morgan fingerprint density at radius 1 is 1.02 bits per heavy atom. The molecule has 0 aliphatic carbocycles. The van der Waals surface area contributed by atoms with Crippen LogP contribution in [0.4, 0.5) is 5.82 Å². The Labute approximate surface area is 263 Å². The predicted octanol–water partition coefficient (Wildman–Crippen LogP) is 2.73. The molecule has 1 amide bonds. The molecule has 12 nitrogen and oxygen atoms in total. The molecular weight excluding hydrogens is 574 g/mol. The van der Waals surface area contributed by atoms with Crippen molar-refractivity contribution in [2.75, 3.05) is 32.1 Å². The van der Waals surface area contributed by atoms with Crippen LogP contribution in [0.2, 0.25) is 0 Å². The van der Waals surface area contributed by atoms with Gasteiger partial charge < -0.3 is 35.6 Å². The van der Waals surface area contributed by atoms with Gasteiger partial charge in [0.25, 0.3) is 0 Å². The van der Waals surface area contributed by atoms with Gasteiger partial charge in [-0.15, -0.1) is 0 Å². The Morgan fingerprint density at radius 3 is 2.31 bits per heavy atom. The van der Waals surface area contributed by atoms with Gasteiger partial charge in [0.15, 0.2) is 23.2 Å². The molecule has 4 atom stereocenters. The molecule has 1 fully saturated rings. The van der Waals surface area contributed by atoms with Gasteiger partial charge in [-0.25, -0.2) is 15.0 Å². The zero-order valence-corrected chi connectivity index (χ0v) is 26.2. The highest BCUT2D eigenvalue weighted by Crippen LogP contribution is 2.33. The first-order chi connectivity index (χ1) is 21.6. The number of imidazole rings is 1. The van der Waals surface area contributed by atoms with Gasteiger partial charge >= 0.3 is 0 Å².